The lowest BCUT2D eigenvalue weighted by Crippen LogP contribution is -2.22. The Kier molecular flexibility index (Phi) is 6.52. The molecule has 1 heterocycles. The molecule has 160 valence electrons. The number of allylic oxidation sites excluding steroid dienone is 1. The van der Waals surface area contributed by atoms with E-state index >= 15 is 0 Å². The van der Waals surface area contributed by atoms with E-state index in [1.165, 1.54) is 14.2 Å². The Morgan fingerprint density at radius 3 is 2.30 bits per heavy atom. The Balaban J connectivity index is 2.04. The molecule has 1 N–H and O–H groups in total. The maximum atomic E-state index is 13.0. The van der Waals surface area contributed by atoms with E-state index in [2.05, 4.69) is 4.90 Å². The number of methoxy groups -OCH3 is 3. The van der Waals surface area contributed by atoms with Crippen LogP contribution >= 0.6 is 0 Å². The summed E-state index contributed by atoms with van der Waals surface area (Å²) in [5.74, 6) is 1.80. The number of carbonyl (C=O) groups excluding carboxylic acids is 1. The van der Waals surface area contributed by atoms with Crippen LogP contribution in [0.1, 0.15) is 35.3 Å². The van der Waals surface area contributed by atoms with Crippen LogP contribution in [-0.4, -0.2) is 50.2 Å². The van der Waals surface area contributed by atoms with E-state index in [9.17, 15) is 9.90 Å². The Labute approximate surface area is 176 Å². The molecule has 0 saturated carbocycles. The van der Waals surface area contributed by atoms with Crippen LogP contribution < -0.4 is 18.9 Å². The molecule has 0 fully saturated rings. The van der Waals surface area contributed by atoms with Gasteiger partial charge in [0.05, 0.1) is 32.5 Å². The number of carbonyl (C=O) groups is 1. The van der Waals surface area contributed by atoms with Crippen molar-refractivity contribution in [3.63, 3.8) is 0 Å². The highest BCUT2D eigenvalue weighted by atomic mass is 16.5. The molecule has 0 spiro atoms. The average molecular weight is 413 g/mol. The molecule has 0 bridgehead atoms. The zero-order valence-corrected chi connectivity index (χ0v) is 17.9. The van der Waals surface area contributed by atoms with E-state index in [-0.39, 0.29) is 17.3 Å². The maximum absolute atomic E-state index is 13.0. The molecule has 30 heavy (non-hydrogen) atoms. The lowest BCUT2D eigenvalue weighted by Gasteiger charge is -2.20. The van der Waals surface area contributed by atoms with Crippen molar-refractivity contribution in [2.24, 2.45) is 0 Å². The smallest absolute Gasteiger partial charge is 0.231 e. The highest BCUT2D eigenvalue weighted by Crippen LogP contribution is 2.43. The number of ketones is 1. The maximum Gasteiger partial charge on any atom is 0.231 e. The van der Waals surface area contributed by atoms with Crippen molar-refractivity contribution in [1.82, 2.24) is 4.90 Å². The quantitative estimate of drug-likeness (QED) is 0.658. The summed E-state index contributed by atoms with van der Waals surface area (Å²) >= 11 is 0. The first-order valence-corrected chi connectivity index (χ1v) is 9.79. The Hall–Kier alpha value is -3.19. The Bertz CT molecular complexity index is 978. The van der Waals surface area contributed by atoms with Gasteiger partial charge in [-0.2, -0.15) is 0 Å². The van der Waals surface area contributed by atoms with Gasteiger partial charge in [-0.05, 0) is 43.4 Å². The van der Waals surface area contributed by atoms with Crippen molar-refractivity contribution >= 4 is 11.9 Å². The molecule has 0 saturated heterocycles. The van der Waals surface area contributed by atoms with Crippen molar-refractivity contribution in [1.29, 1.82) is 0 Å². The normalized spacial score (nSPS) is 14.1. The molecule has 7 nitrogen and oxygen atoms in total. The zero-order valence-electron chi connectivity index (χ0n) is 17.9. The van der Waals surface area contributed by atoms with Gasteiger partial charge in [0.2, 0.25) is 11.5 Å². The SMILES string of the molecule is CCN(CC)Cc1c(O)ccc2c1OC(=Cc1ccc(OC)c(OC)c1OC)C2=O. The molecule has 2 aromatic carbocycles. The van der Waals surface area contributed by atoms with Gasteiger partial charge >= 0.3 is 0 Å². The van der Waals surface area contributed by atoms with Gasteiger partial charge in [-0.15, -0.1) is 0 Å². The second kappa shape index (κ2) is 9.09. The van der Waals surface area contributed by atoms with Crippen LogP contribution in [0.5, 0.6) is 28.7 Å². The van der Waals surface area contributed by atoms with Crippen LogP contribution in [0.25, 0.3) is 6.08 Å². The standard InChI is InChI=1S/C23H27NO6/c1-6-24(7-2)13-16-17(25)10-9-15-20(26)19(30-22(15)16)12-14-8-11-18(27-3)23(29-5)21(14)28-4/h8-12,25H,6-7,13H2,1-5H3. The Morgan fingerprint density at radius 2 is 1.70 bits per heavy atom. The van der Waals surface area contributed by atoms with Gasteiger partial charge in [0, 0.05) is 12.1 Å². The summed E-state index contributed by atoms with van der Waals surface area (Å²) in [5, 5.41) is 10.4. The molecule has 1 aliphatic rings. The van der Waals surface area contributed by atoms with Gasteiger partial charge in [-0.1, -0.05) is 13.8 Å². The highest BCUT2D eigenvalue weighted by molar-refractivity contribution is 6.15. The third kappa shape index (κ3) is 3.80. The number of ether oxygens (including phenoxy) is 4. The summed E-state index contributed by atoms with van der Waals surface area (Å²) < 4.78 is 22.2. The first kappa shape index (κ1) is 21.5. The van der Waals surface area contributed by atoms with E-state index in [4.69, 9.17) is 18.9 Å². The van der Waals surface area contributed by atoms with Crippen molar-refractivity contribution in [2.45, 2.75) is 20.4 Å². The number of aromatic hydroxyl groups is 1. The van der Waals surface area contributed by atoms with Crippen molar-refractivity contribution in [3.05, 3.63) is 46.7 Å². The molecule has 0 aromatic heterocycles. The molecule has 3 rings (SSSR count). The fraction of sp³-hybridized carbons (Fsp3) is 0.348. The van der Waals surface area contributed by atoms with Gasteiger partial charge < -0.3 is 24.1 Å². The van der Waals surface area contributed by atoms with Crippen LogP contribution in [0.2, 0.25) is 0 Å². The number of fused-ring (bicyclic) bond motifs is 1. The van der Waals surface area contributed by atoms with Crippen molar-refractivity contribution in [3.8, 4) is 28.7 Å². The van der Waals surface area contributed by atoms with Gasteiger partial charge in [-0.25, -0.2) is 0 Å². The minimum absolute atomic E-state index is 0.110. The van der Waals surface area contributed by atoms with E-state index in [1.54, 1.807) is 37.5 Å². The molecule has 1 aliphatic heterocycles. The molecule has 0 amide bonds. The third-order valence-electron chi connectivity index (χ3n) is 5.21. The monoisotopic (exact) mass is 413 g/mol. The van der Waals surface area contributed by atoms with Gasteiger partial charge in [0.1, 0.15) is 11.5 Å². The van der Waals surface area contributed by atoms with Gasteiger partial charge in [0.25, 0.3) is 0 Å². The summed E-state index contributed by atoms with van der Waals surface area (Å²) in [6.45, 7) is 6.22. The van der Waals surface area contributed by atoms with E-state index in [0.29, 0.717) is 46.2 Å². The summed E-state index contributed by atoms with van der Waals surface area (Å²) in [7, 11) is 4.58. The molecular formula is C23H27NO6. The first-order valence-electron chi connectivity index (χ1n) is 9.79. The van der Waals surface area contributed by atoms with Crippen molar-refractivity contribution in [2.75, 3.05) is 34.4 Å². The molecule has 7 heteroatoms. The van der Waals surface area contributed by atoms with Crippen LogP contribution in [0.15, 0.2) is 30.0 Å². The zero-order chi connectivity index (χ0) is 21.8. The number of benzene rings is 2. The summed E-state index contributed by atoms with van der Waals surface area (Å²) in [6.07, 6.45) is 1.61. The predicted molar refractivity (Wildman–Crippen MR) is 114 cm³/mol. The number of nitrogens with zero attached hydrogens (tertiary/aromatic N) is 1. The van der Waals surface area contributed by atoms with Crippen LogP contribution in [0, 0.1) is 0 Å². The highest BCUT2D eigenvalue weighted by Gasteiger charge is 2.32. The number of Topliss-reactive ketones (excluding diaryl/α,β-unsaturated/α-hetero) is 1. The molecule has 0 atom stereocenters. The van der Waals surface area contributed by atoms with Gasteiger partial charge in [0.15, 0.2) is 17.3 Å². The van der Waals surface area contributed by atoms with Crippen LogP contribution in [-0.2, 0) is 6.54 Å². The number of rotatable bonds is 8. The van der Waals surface area contributed by atoms with Crippen molar-refractivity contribution < 1.29 is 28.8 Å². The molecule has 0 unspecified atom stereocenters. The molecule has 2 aromatic rings. The molecule has 0 radical (unpaired) electrons. The van der Waals surface area contributed by atoms with E-state index in [1.807, 2.05) is 13.8 Å². The summed E-state index contributed by atoms with van der Waals surface area (Å²) in [4.78, 5) is 15.1. The first-order chi connectivity index (χ1) is 14.5. The summed E-state index contributed by atoms with van der Waals surface area (Å²) in [5.41, 5.74) is 1.65. The minimum atomic E-state index is -0.248. The van der Waals surface area contributed by atoms with Crippen LogP contribution in [0.4, 0.5) is 0 Å². The number of phenols is 1. The number of hydrogen-bond donors (Lipinski definition) is 1. The summed E-state index contributed by atoms with van der Waals surface area (Å²) in [6, 6.07) is 6.63. The van der Waals surface area contributed by atoms with Crippen LogP contribution in [0.3, 0.4) is 0 Å². The molecule has 0 aliphatic carbocycles. The lowest BCUT2D eigenvalue weighted by molar-refractivity contribution is 0.101. The fourth-order valence-electron chi connectivity index (χ4n) is 3.50. The largest absolute Gasteiger partial charge is 0.507 e. The molecular weight excluding hydrogens is 386 g/mol. The minimum Gasteiger partial charge on any atom is -0.507 e. The second-order valence-electron chi connectivity index (χ2n) is 6.76. The average Bonchev–Trinajstić information content (AvgIpc) is 3.08. The predicted octanol–water partition coefficient (Wildman–Crippen LogP) is 3.88. The topological polar surface area (TPSA) is 77.5 Å². The number of phenolic OH excluding ortho intramolecular Hbond substituents is 1. The fourth-order valence-corrected chi connectivity index (χ4v) is 3.50. The third-order valence-corrected chi connectivity index (χ3v) is 5.21. The second-order valence-corrected chi connectivity index (χ2v) is 6.76. The van der Waals surface area contributed by atoms with E-state index in [0.717, 1.165) is 13.1 Å². The Morgan fingerprint density at radius 1 is 1.00 bits per heavy atom. The lowest BCUT2D eigenvalue weighted by atomic mass is 10.0. The van der Waals surface area contributed by atoms with E-state index < -0.39 is 0 Å². The number of hydrogen-bond acceptors (Lipinski definition) is 7. The van der Waals surface area contributed by atoms with Gasteiger partial charge in [-0.3, -0.25) is 9.69 Å².